The Morgan fingerprint density at radius 2 is 2.10 bits per heavy atom. The molecule has 5 heteroatoms. The lowest BCUT2D eigenvalue weighted by molar-refractivity contribution is 0.0540. The first-order chi connectivity index (χ1) is 9.54. The van der Waals surface area contributed by atoms with Gasteiger partial charge in [-0.1, -0.05) is 30.3 Å². The first-order valence-electron chi connectivity index (χ1n) is 7.08. The summed E-state index contributed by atoms with van der Waals surface area (Å²) in [6.45, 7) is 2.42. The molecule has 0 bridgehead atoms. The predicted molar refractivity (Wildman–Crippen MR) is 80.4 cm³/mol. The third-order valence-electron chi connectivity index (χ3n) is 3.58. The van der Waals surface area contributed by atoms with Crippen molar-refractivity contribution < 1.29 is 13.2 Å². The lowest BCUT2D eigenvalue weighted by Gasteiger charge is -2.25. The second-order valence-electron chi connectivity index (χ2n) is 5.55. The first kappa shape index (κ1) is 15.5. The van der Waals surface area contributed by atoms with Crippen LogP contribution in [0.15, 0.2) is 30.3 Å². The number of hydrogen-bond donors (Lipinski definition) is 1. The molecule has 1 aromatic carbocycles. The van der Waals surface area contributed by atoms with Crippen molar-refractivity contribution in [2.75, 3.05) is 31.8 Å². The lowest BCUT2D eigenvalue weighted by Crippen LogP contribution is -2.34. The molecular weight excluding hydrogens is 274 g/mol. The van der Waals surface area contributed by atoms with Crippen LogP contribution < -0.4 is 5.32 Å². The molecule has 0 saturated carbocycles. The molecule has 0 aliphatic carbocycles. The van der Waals surface area contributed by atoms with Gasteiger partial charge in [0, 0.05) is 25.4 Å². The summed E-state index contributed by atoms with van der Waals surface area (Å²) in [5.74, 6) is 0.611. The molecule has 1 saturated heterocycles. The molecule has 0 radical (unpaired) electrons. The molecule has 0 amide bonds. The topological polar surface area (TPSA) is 55.4 Å². The van der Waals surface area contributed by atoms with Gasteiger partial charge in [0.25, 0.3) is 0 Å². The molecule has 20 heavy (non-hydrogen) atoms. The van der Waals surface area contributed by atoms with Crippen LogP contribution in [0.3, 0.4) is 0 Å². The van der Waals surface area contributed by atoms with E-state index in [4.69, 9.17) is 4.74 Å². The van der Waals surface area contributed by atoms with E-state index in [1.54, 1.807) is 0 Å². The van der Waals surface area contributed by atoms with Crippen LogP contribution >= 0.6 is 0 Å². The number of hydrogen-bond acceptors (Lipinski definition) is 4. The highest BCUT2D eigenvalue weighted by Crippen LogP contribution is 2.17. The van der Waals surface area contributed by atoms with Crippen LogP contribution in [0.1, 0.15) is 24.4 Å². The van der Waals surface area contributed by atoms with E-state index in [0.29, 0.717) is 5.92 Å². The highest BCUT2D eigenvalue weighted by atomic mass is 32.2. The summed E-state index contributed by atoms with van der Waals surface area (Å²) in [6.07, 6.45) is 3.52. The fourth-order valence-corrected chi connectivity index (χ4v) is 3.45. The van der Waals surface area contributed by atoms with Crippen LogP contribution in [0.2, 0.25) is 0 Å². The van der Waals surface area contributed by atoms with Crippen molar-refractivity contribution in [2.45, 2.75) is 18.9 Å². The van der Waals surface area contributed by atoms with Crippen LogP contribution in [0.5, 0.6) is 0 Å². The van der Waals surface area contributed by atoms with Crippen molar-refractivity contribution in [2.24, 2.45) is 5.92 Å². The van der Waals surface area contributed by atoms with E-state index in [1.165, 1.54) is 6.26 Å². The standard InChI is InChI=1S/C15H23NO3S/c1-20(17,18)12-15(14-7-3-2-4-8-14)16-10-13-6-5-9-19-11-13/h2-4,7-8,13,15-16H,5-6,9-12H2,1H3/t13-,15+/m0/s1. The van der Waals surface area contributed by atoms with Crippen LogP contribution in [0.4, 0.5) is 0 Å². The molecule has 1 fully saturated rings. The lowest BCUT2D eigenvalue weighted by atomic mass is 10.0. The summed E-state index contributed by atoms with van der Waals surface area (Å²) >= 11 is 0. The van der Waals surface area contributed by atoms with Gasteiger partial charge < -0.3 is 10.1 Å². The summed E-state index contributed by atoms with van der Waals surface area (Å²) < 4.78 is 28.7. The summed E-state index contributed by atoms with van der Waals surface area (Å²) in [5.41, 5.74) is 1.02. The van der Waals surface area contributed by atoms with Crippen LogP contribution in [-0.4, -0.2) is 40.2 Å². The Bertz CT molecular complexity index is 495. The zero-order valence-corrected chi connectivity index (χ0v) is 12.7. The Labute approximate surface area is 121 Å². The van der Waals surface area contributed by atoms with Crippen molar-refractivity contribution in [3.63, 3.8) is 0 Å². The molecule has 1 aliphatic rings. The number of ether oxygens (including phenoxy) is 1. The monoisotopic (exact) mass is 297 g/mol. The molecule has 0 spiro atoms. The highest BCUT2D eigenvalue weighted by molar-refractivity contribution is 7.90. The highest BCUT2D eigenvalue weighted by Gasteiger charge is 2.20. The molecule has 1 aromatic rings. The average molecular weight is 297 g/mol. The number of sulfone groups is 1. The Morgan fingerprint density at radius 3 is 2.70 bits per heavy atom. The van der Waals surface area contributed by atoms with Crippen molar-refractivity contribution in [3.05, 3.63) is 35.9 Å². The van der Waals surface area contributed by atoms with Crippen molar-refractivity contribution >= 4 is 9.84 Å². The SMILES string of the molecule is CS(=O)(=O)C[C@@H](NC[C@@H]1CCCOC1)c1ccccc1. The predicted octanol–water partition coefficient (Wildman–Crippen LogP) is 1.79. The molecule has 0 unspecified atom stereocenters. The quantitative estimate of drug-likeness (QED) is 0.870. The third-order valence-corrected chi connectivity index (χ3v) is 4.52. The maximum absolute atomic E-state index is 11.6. The Kier molecular flexibility index (Phi) is 5.57. The van der Waals surface area contributed by atoms with E-state index < -0.39 is 9.84 Å². The zero-order valence-electron chi connectivity index (χ0n) is 11.9. The van der Waals surface area contributed by atoms with Gasteiger partial charge in [0.1, 0.15) is 9.84 Å². The van der Waals surface area contributed by atoms with E-state index in [1.807, 2.05) is 30.3 Å². The molecular formula is C15H23NO3S. The van der Waals surface area contributed by atoms with Gasteiger partial charge in [0.2, 0.25) is 0 Å². The van der Waals surface area contributed by atoms with E-state index in [2.05, 4.69) is 5.32 Å². The fraction of sp³-hybridized carbons (Fsp3) is 0.600. The van der Waals surface area contributed by atoms with E-state index >= 15 is 0 Å². The minimum atomic E-state index is -3.02. The van der Waals surface area contributed by atoms with Crippen LogP contribution in [-0.2, 0) is 14.6 Å². The van der Waals surface area contributed by atoms with Crippen molar-refractivity contribution in [3.8, 4) is 0 Å². The molecule has 2 rings (SSSR count). The number of nitrogens with one attached hydrogen (secondary N) is 1. The summed E-state index contributed by atoms with van der Waals surface area (Å²) in [5, 5.41) is 3.40. The number of rotatable bonds is 6. The Balaban J connectivity index is 1.99. The normalized spacial score (nSPS) is 21.6. The second kappa shape index (κ2) is 7.20. The zero-order chi connectivity index (χ0) is 14.4. The second-order valence-corrected chi connectivity index (χ2v) is 7.73. The van der Waals surface area contributed by atoms with Gasteiger partial charge in [-0.15, -0.1) is 0 Å². The van der Waals surface area contributed by atoms with Crippen LogP contribution in [0.25, 0.3) is 0 Å². The molecule has 1 N–H and O–H groups in total. The fourth-order valence-electron chi connectivity index (χ4n) is 2.54. The Hall–Kier alpha value is -0.910. The minimum Gasteiger partial charge on any atom is -0.381 e. The van der Waals surface area contributed by atoms with E-state index in [-0.39, 0.29) is 11.8 Å². The van der Waals surface area contributed by atoms with Gasteiger partial charge in [0.15, 0.2) is 0 Å². The summed E-state index contributed by atoms with van der Waals surface area (Å²) in [4.78, 5) is 0. The van der Waals surface area contributed by atoms with Gasteiger partial charge in [-0.2, -0.15) is 0 Å². The van der Waals surface area contributed by atoms with Crippen LogP contribution in [0, 0.1) is 5.92 Å². The first-order valence-corrected chi connectivity index (χ1v) is 9.14. The molecule has 4 nitrogen and oxygen atoms in total. The number of benzene rings is 1. The minimum absolute atomic E-state index is 0.130. The smallest absolute Gasteiger partial charge is 0.149 e. The van der Waals surface area contributed by atoms with E-state index in [0.717, 1.165) is 38.2 Å². The molecule has 1 heterocycles. The van der Waals surface area contributed by atoms with Crippen molar-refractivity contribution in [1.82, 2.24) is 5.32 Å². The van der Waals surface area contributed by atoms with Gasteiger partial charge >= 0.3 is 0 Å². The molecule has 112 valence electrons. The molecule has 0 aromatic heterocycles. The van der Waals surface area contributed by atoms with E-state index in [9.17, 15) is 8.42 Å². The van der Waals surface area contributed by atoms with Gasteiger partial charge in [-0.25, -0.2) is 8.42 Å². The summed E-state index contributed by atoms with van der Waals surface area (Å²) in [6, 6.07) is 9.62. The Morgan fingerprint density at radius 1 is 1.35 bits per heavy atom. The molecule has 2 atom stereocenters. The largest absolute Gasteiger partial charge is 0.381 e. The maximum atomic E-state index is 11.6. The van der Waals surface area contributed by atoms with Crippen molar-refractivity contribution in [1.29, 1.82) is 0 Å². The maximum Gasteiger partial charge on any atom is 0.149 e. The average Bonchev–Trinajstić information content (AvgIpc) is 2.44. The van der Waals surface area contributed by atoms with Gasteiger partial charge in [-0.05, 0) is 24.3 Å². The third kappa shape index (κ3) is 5.23. The molecule has 1 aliphatic heterocycles. The van der Waals surface area contributed by atoms with Gasteiger partial charge in [0.05, 0.1) is 12.4 Å². The summed E-state index contributed by atoms with van der Waals surface area (Å²) in [7, 11) is -3.02. The van der Waals surface area contributed by atoms with Gasteiger partial charge in [-0.3, -0.25) is 0 Å².